The molecule has 2 heteroatoms. The van der Waals surface area contributed by atoms with Crippen LogP contribution in [0, 0.1) is 0 Å². The van der Waals surface area contributed by atoms with Crippen LogP contribution in [-0.4, -0.2) is 7.85 Å². The summed E-state index contributed by atoms with van der Waals surface area (Å²) in [6, 6.07) is 0. The number of allylic oxidation sites excluding steroid dienone is 4. The molecular formula is C6H10BN. The summed E-state index contributed by atoms with van der Waals surface area (Å²) in [4.78, 5) is 0. The van der Waals surface area contributed by atoms with Crippen molar-refractivity contribution >= 4 is 7.85 Å². The van der Waals surface area contributed by atoms with Crippen LogP contribution in [0.3, 0.4) is 0 Å². The average Bonchev–Trinajstić information content (AvgIpc) is 1.61. The summed E-state index contributed by atoms with van der Waals surface area (Å²) in [5.74, 6) is 0. The van der Waals surface area contributed by atoms with E-state index in [2.05, 4.69) is 0 Å². The molecule has 0 atom stereocenters. The van der Waals surface area contributed by atoms with Gasteiger partial charge in [-0.1, -0.05) is 13.0 Å². The maximum Gasteiger partial charge on any atom is 0.107 e. The number of hydrogen-bond acceptors (Lipinski definition) is 1. The Kier molecular flexibility index (Phi) is 3.08. The van der Waals surface area contributed by atoms with Gasteiger partial charge in [-0.05, 0) is 13.0 Å². The van der Waals surface area contributed by atoms with E-state index in [-0.39, 0.29) is 0 Å². The Morgan fingerprint density at radius 1 is 1.38 bits per heavy atom. The van der Waals surface area contributed by atoms with Gasteiger partial charge in [0, 0.05) is 5.70 Å². The van der Waals surface area contributed by atoms with Crippen molar-refractivity contribution < 1.29 is 0 Å². The zero-order valence-electron chi connectivity index (χ0n) is 5.31. The SMILES string of the molecule is [B]/C(C)=C/C=C(\C)N. The molecule has 0 amide bonds. The molecule has 0 rings (SSSR count). The monoisotopic (exact) mass is 107 g/mol. The van der Waals surface area contributed by atoms with E-state index >= 15 is 0 Å². The molecule has 0 aliphatic rings. The molecule has 0 spiro atoms. The first-order valence-electron chi connectivity index (χ1n) is 2.49. The van der Waals surface area contributed by atoms with Crippen molar-refractivity contribution in [2.24, 2.45) is 5.73 Å². The molecule has 0 bridgehead atoms. The number of rotatable bonds is 1. The summed E-state index contributed by atoms with van der Waals surface area (Å²) in [5.41, 5.74) is 6.85. The zero-order valence-corrected chi connectivity index (χ0v) is 5.31. The van der Waals surface area contributed by atoms with Crippen LogP contribution in [0.1, 0.15) is 13.8 Å². The fraction of sp³-hybridized carbons (Fsp3) is 0.333. The van der Waals surface area contributed by atoms with Gasteiger partial charge in [0.25, 0.3) is 0 Å². The third kappa shape index (κ3) is 5.34. The second-order valence-electron chi connectivity index (χ2n) is 1.82. The van der Waals surface area contributed by atoms with E-state index < -0.39 is 0 Å². The maximum absolute atomic E-state index is 5.30. The lowest BCUT2D eigenvalue weighted by Gasteiger charge is -1.85. The highest BCUT2D eigenvalue weighted by Gasteiger charge is 1.72. The van der Waals surface area contributed by atoms with Gasteiger partial charge in [-0.15, -0.1) is 5.47 Å². The fourth-order valence-electron chi connectivity index (χ4n) is 0.263. The molecule has 0 aliphatic heterocycles. The Bertz CT molecular complexity index is 100. The third-order valence-electron chi connectivity index (χ3n) is 0.609. The predicted octanol–water partition coefficient (Wildman–Crippen LogP) is 0.921. The Hall–Kier alpha value is -0.655. The molecule has 1 nitrogen and oxygen atoms in total. The Morgan fingerprint density at radius 2 is 1.88 bits per heavy atom. The van der Waals surface area contributed by atoms with Gasteiger partial charge >= 0.3 is 0 Å². The molecule has 0 unspecified atom stereocenters. The third-order valence-corrected chi connectivity index (χ3v) is 0.609. The van der Waals surface area contributed by atoms with Crippen molar-refractivity contribution in [1.82, 2.24) is 0 Å². The van der Waals surface area contributed by atoms with E-state index in [9.17, 15) is 0 Å². The van der Waals surface area contributed by atoms with Crippen LogP contribution < -0.4 is 5.73 Å². The van der Waals surface area contributed by atoms with E-state index in [4.69, 9.17) is 13.6 Å². The number of nitrogens with two attached hydrogens (primary N) is 1. The molecule has 2 N–H and O–H groups in total. The molecule has 0 heterocycles. The first kappa shape index (κ1) is 7.34. The normalized spacial score (nSPS) is 14.2. The lowest BCUT2D eigenvalue weighted by molar-refractivity contribution is 1.31. The largest absolute Gasteiger partial charge is 0.402 e. The van der Waals surface area contributed by atoms with Gasteiger partial charge in [0.1, 0.15) is 7.85 Å². The maximum atomic E-state index is 5.30. The highest BCUT2D eigenvalue weighted by molar-refractivity contribution is 6.21. The summed E-state index contributed by atoms with van der Waals surface area (Å²) >= 11 is 0. The van der Waals surface area contributed by atoms with Crippen LogP contribution in [0.5, 0.6) is 0 Å². The molecule has 0 aliphatic carbocycles. The lowest BCUT2D eigenvalue weighted by atomic mass is 9.98. The van der Waals surface area contributed by atoms with Crippen molar-refractivity contribution in [3.63, 3.8) is 0 Å². The van der Waals surface area contributed by atoms with Gasteiger partial charge < -0.3 is 5.73 Å². The fourth-order valence-corrected chi connectivity index (χ4v) is 0.263. The van der Waals surface area contributed by atoms with Crippen LogP contribution in [0.25, 0.3) is 0 Å². The van der Waals surface area contributed by atoms with Crippen molar-refractivity contribution in [3.8, 4) is 0 Å². The van der Waals surface area contributed by atoms with Gasteiger partial charge in [0.05, 0.1) is 0 Å². The summed E-state index contributed by atoms with van der Waals surface area (Å²) in [6.45, 7) is 3.64. The summed E-state index contributed by atoms with van der Waals surface area (Å²) < 4.78 is 0. The van der Waals surface area contributed by atoms with Gasteiger partial charge in [0.2, 0.25) is 0 Å². The van der Waals surface area contributed by atoms with E-state index in [1.54, 1.807) is 12.2 Å². The second kappa shape index (κ2) is 3.36. The van der Waals surface area contributed by atoms with Crippen LogP contribution in [0.15, 0.2) is 23.3 Å². The van der Waals surface area contributed by atoms with Crippen molar-refractivity contribution in [1.29, 1.82) is 0 Å². The smallest absolute Gasteiger partial charge is 0.107 e. The lowest BCUT2D eigenvalue weighted by Crippen LogP contribution is -1.88. The van der Waals surface area contributed by atoms with Gasteiger partial charge in [-0.25, -0.2) is 0 Å². The van der Waals surface area contributed by atoms with Gasteiger partial charge in [0.15, 0.2) is 0 Å². The summed E-state index contributed by atoms with van der Waals surface area (Å²) in [7, 11) is 5.30. The Labute approximate surface area is 51.7 Å². The standard InChI is InChI=1S/C6H10BN/c1-5(7)3-4-6(2)8/h3-4H,8H2,1-2H3/b5-3+,6-4+. The Balaban J connectivity index is 3.76. The molecule has 0 fully saturated rings. The second-order valence-corrected chi connectivity index (χ2v) is 1.82. The van der Waals surface area contributed by atoms with E-state index in [0.29, 0.717) is 0 Å². The number of hydrogen-bond donors (Lipinski definition) is 1. The Morgan fingerprint density at radius 3 is 2.00 bits per heavy atom. The molecule has 2 radical (unpaired) electrons. The van der Waals surface area contributed by atoms with Crippen molar-refractivity contribution in [3.05, 3.63) is 23.3 Å². The molecule has 0 aromatic carbocycles. The average molecular weight is 107 g/mol. The first-order valence-corrected chi connectivity index (χ1v) is 2.49. The minimum atomic E-state index is 0.773. The quantitative estimate of drug-likeness (QED) is 0.391. The van der Waals surface area contributed by atoms with Gasteiger partial charge in [-0.3, -0.25) is 0 Å². The molecule has 0 saturated heterocycles. The van der Waals surface area contributed by atoms with Crippen molar-refractivity contribution in [2.45, 2.75) is 13.8 Å². The first-order chi connectivity index (χ1) is 3.63. The molecule has 8 heavy (non-hydrogen) atoms. The van der Waals surface area contributed by atoms with E-state index in [1.165, 1.54) is 0 Å². The van der Waals surface area contributed by atoms with Crippen LogP contribution >= 0.6 is 0 Å². The minimum Gasteiger partial charge on any atom is -0.402 e. The molecule has 42 valence electrons. The van der Waals surface area contributed by atoms with E-state index in [0.717, 1.165) is 11.2 Å². The minimum absolute atomic E-state index is 0.773. The van der Waals surface area contributed by atoms with E-state index in [1.807, 2.05) is 13.8 Å². The van der Waals surface area contributed by atoms with Crippen LogP contribution in [0.2, 0.25) is 0 Å². The topological polar surface area (TPSA) is 26.0 Å². The molecule has 0 aromatic rings. The predicted molar refractivity (Wildman–Crippen MR) is 37.5 cm³/mol. The van der Waals surface area contributed by atoms with Crippen molar-refractivity contribution in [2.75, 3.05) is 0 Å². The summed E-state index contributed by atoms with van der Waals surface area (Å²) in [6.07, 6.45) is 3.55. The highest BCUT2D eigenvalue weighted by Crippen LogP contribution is 1.86. The highest BCUT2D eigenvalue weighted by atomic mass is 14.5. The zero-order chi connectivity index (χ0) is 6.57. The molecule has 0 saturated carbocycles. The summed E-state index contributed by atoms with van der Waals surface area (Å²) in [5, 5.41) is 0. The molecular weight excluding hydrogens is 96.9 g/mol. The van der Waals surface area contributed by atoms with Crippen LogP contribution in [0.4, 0.5) is 0 Å². The van der Waals surface area contributed by atoms with Gasteiger partial charge in [-0.2, -0.15) is 0 Å². The molecule has 0 aromatic heterocycles. The van der Waals surface area contributed by atoms with Crippen LogP contribution in [-0.2, 0) is 0 Å².